The van der Waals surface area contributed by atoms with E-state index < -0.39 is 17.8 Å². The molecule has 170 valence electrons. The van der Waals surface area contributed by atoms with Crippen LogP contribution in [-0.2, 0) is 11.0 Å². The van der Waals surface area contributed by atoms with Crippen molar-refractivity contribution >= 4 is 40.7 Å². The zero-order valence-electron chi connectivity index (χ0n) is 16.8. The number of anilines is 1. The number of alkyl halides is 3. The lowest BCUT2D eigenvalue weighted by Gasteiger charge is -2.38. The molecule has 0 spiro atoms. The van der Waals surface area contributed by atoms with Crippen molar-refractivity contribution < 1.29 is 22.8 Å². The van der Waals surface area contributed by atoms with E-state index in [0.717, 1.165) is 12.3 Å². The number of piperazine rings is 1. The summed E-state index contributed by atoms with van der Waals surface area (Å²) in [5.74, 6) is 0.0277. The Bertz CT molecular complexity index is 1020. The molecule has 0 bridgehead atoms. The molecule has 2 saturated heterocycles. The number of carbonyl (C=O) groups excluding carboxylic acids is 2. The Labute approximate surface area is 192 Å². The quantitative estimate of drug-likeness (QED) is 0.662. The summed E-state index contributed by atoms with van der Waals surface area (Å²) in [6.07, 6.45) is -3.74. The smallest absolute Gasteiger partial charge is 0.353 e. The fraction of sp³-hybridized carbons (Fsp3) is 0.381. The molecular formula is C21H19Cl2F3N4O2. The number of amides is 1. The van der Waals surface area contributed by atoms with Gasteiger partial charge in [0.05, 0.1) is 23.2 Å². The van der Waals surface area contributed by atoms with E-state index in [1.54, 1.807) is 29.2 Å². The molecule has 2 aromatic rings. The maximum absolute atomic E-state index is 12.8. The molecule has 0 aliphatic carbocycles. The minimum atomic E-state index is -4.51. The van der Waals surface area contributed by atoms with E-state index >= 15 is 0 Å². The summed E-state index contributed by atoms with van der Waals surface area (Å²) in [5, 5.41) is 0.461. The molecule has 32 heavy (non-hydrogen) atoms. The van der Waals surface area contributed by atoms with Crippen molar-refractivity contribution in [3.8, 4) is 0 Å². The summed E-state index contributed by atoms with van der Waals surface area (Å²) in [6, 6.07) is 6.97. The number of aromatic nitrogens is 1. The molecule has 1 aromatic carbocycles. The van der Waals surface area contributed by atoms with Gasteiger partial charge in [-0.2, -0.15) is 13.2 Å². The van der Waals surface area contributed by atoms with Crippen LogP contribution in [-0.4, -0.2) is 71.8 Å². The van der Waals surface area contributed by atoms with Gasteiger partial charge in [-0.1, -0.05) is 23.2 Å². The minimum absolute atomic E-state index is 0.0357. The summed E-state index contributed by atoms with van der Waals surface area (Å²) in [6.45, 7) is 2.23. The van der Waals surface area contributed by atoms with Crippen LogP contribution in [0.3, 0.4) is 0 Å². The Morgan fingerprint density at radius 2 is 1.72 bits per heavy atom. The molecule has 2 aliphatic heterocycles. The number of nitrogens with zero attached hydrogens (tertiary/aromatic N) is 4. The number of halogens is 5. The summed E-state index contributed by atoms with van der Waals surface area (Å²) in [7, 11) is 0. The summed E-state index contributed by atoms with van der Waals surface area (Å²) in [4.78, 5) is 34.5. The van der Waals surface area contributed by atoms with Crippen LogP contribution < -0.4 is 4.90 Å². The lowest BCUT2D eigenvalue weighted by molar-refractivity contribution is -0.137. The van der Waals surface area contributed by atoms with Gasteiger partial charge in [0.1, 0.15) is 5.82 Å². The van der Waals surface area contributed by atoms with E-state index in [-0.39, 0.29) is 29.1 Å². The minimum Gasteiger partial charge on any atom is -0.353 e. The third-order valence-corrected chi connectivity index (χ3v) is 6.22. The molecule has 1 aromatic heterocycles. The van der Waals surface area contributed by atoms with Crippen LogP contribution in [0, 0.1) is 0 Å². The van der Waals surface area contributed by atoms with Gasteiger partial charge in [0.2, 0.25) is 0 Å². The SMILES string of the molecule is O=C1CN(C(=O)c2ccc(Cl)cc2)CC1N1CCN(c2ncc(C(F)(F)F)cc2Cl)CC1. The lowest BCUT2D eigenvalue weighted by Crippen LogP contribution is -2.53. The Morgan fingerprint density at radius 3 is 2.31 bits per heavy atom. The molecule has 3 heterocycles. The van der Waals surface area contributed by atoms with Gasteiger partial charge in [0, 0.05) is 49.5 Å². The van der Waals surface area contributed by atoms with E-state index in [0.29, 0.717) is 43.3 Å². The van der Waals surface area contributed by atoms with Crippen molar-refractivity contribution in [2.45, 2.75) is 12.2 Å². The molecule has 2 aliphatic rings. The van der Waals surface area contributed by atoms with Gasteiger partial charge in [0.15, 0.2) is 5.78 Å². The molecule has 2 fully saturated rings. The number of likely N-dealkylation sites (tertiary alicyclic amines) is 1. The first kappa shape index (κ1) is 22.8. The number of rotatable bonds is 3. The average molecular weight is 487 g/mol. The standard InChI is InChI=1S/C21H19Cl2F3N4O2/c22-15-3-1-13(2-4-15)20(32)30-11-17(18(31)12-30)28-5-7-29(8-6-28)19-16(23)9-14(10-27-19)21(24,25)26/h1-4,9-10,17H,5-8,11-12H2. The van der Waals surface area contributed by atoms with Gasteiger partial charge in [-0.15, -0.1) is 0 Å². The van der Waals surface area contributed by atoms with Crippen LogP contribution in [0.2, 0.25) is 10.0 Å². The molecule has 1 atom stereocenters. The van der Waals surface area contributed by atoms with E-state index in [9.17, 15) is 22.8 Å². The third-order valence-electron chi connectivity index (χ3n) is 5.69. The lowest BCUT2D eigenvalue weighted by atomic mass is 10.1. The van der Waals surface area contributed by atoms with Crippen LogP contribution in [0.4, 0.5) is 19.0 Å². The third kappa shape index (κ3) is 4.69. The van der Waals surface area contributed by atoms with Gasteiger partial charge in [-0.05, 0) is 30.3 Å². The topological polar surface area (TPSA) is 56.8 Å². The largest absolute Gasteiger partial charge is 0.417 e. The number of ketones is 1. The summed E-state index contributed by atoms with van der Waals surface area (Å²) < 4.78 is 38.5. The van der Waals surface area contributed by atoms with E-state index in [2.05, 4.69) is 4.98 Å². The average Bonchev–Trinajstić information content (AvgIpc) is 3.15. The number of benzene rings is 1. The van der Waals surface area contributed by atoms with E-state index in [1.165, 1.54) is 4.90 Å². The molecule has 4 rings (SSSR count). The van der Waals surface area contributed by atoms with Gasteiger partial charge in [-0.3, -0.25) is 14.5 Å². The summed E-state index contributed by atoms with van der Waals surface area (Å²) in [5.41, 5.74) is -0.428. The zero-order valence-corrected chi connectivity index (χ0v) is 18.3. The molecule has 6 nitrogen and oxygen atoms in total. The van der Waals surface area contributed by atoms with Crippen LogP contribution in [0.1, 0.15) is 15.9 Å². The van der Waals surface area contributed by atoms with Crippen LogP contribution in [0.5, 0.6) is 0 Å². The molecule has 1 amide bonds. The predicted octanol–water partition coefficient (Wildman–Crippen LogP) is 3.62. The Morgan fingerprint density at radius 1 is 1.06 bits per heavy atom. The van der Waals surface area contributed by atoms with Crippen molar-refractivity contribution in [2.75, 3.05) is 44.2 Å². The fourth-order valence-electron chi connectivity index (χ4n) is 3.98. The zero-order chi connectivity index (χ0) is 23.0. The van der Waals surface area contributed by atoms with Crippen molar-refractivity contribution in [3.63, 3.8) is 0 Å². The predicted molar refractivity (Wildman–Crippen MR) is 114 cm³/mol. The van der Waals surface area contributed by atoms with Gasteiger partial charge >= 0.3 is 6.18 Å². The number of Topliss-reactive ketones (excluding diaryl/α,β-unsaturated/α-hetero) is 1. The van der Waals surface area contributed by atoms with Crippen LogP contribution in [0.25, 0.3) is 0 Å². The highest BCUT2D eigenvalue weighted by Gasteiger charge is 2.39. The molecular weight excluding hydrogens is 468 g/mol. The highest BCUT2D eigenvalue weighted by molar-refractivity contribution is 6.33. The maximum Gasteiger partial charge on any atom is 0.417 e. The first-order chi connectivity index (χ1) is 15.1. The van der Waals surface area contributed by atoms with Crippen molar-refractivity contribution in [3.05, 3.63) is 57.7 Å². The molecule has 0 radical (unpaired) electrons. The second-order valence-corrected chi connectivity index (χ2v) is 8.57. The molecule has 1 unspecified atom stereocenters. The number of pyridine rings is 1. The second-order valence-electron chi connectivity index (χ2n) is 7.72. The number of carbonyl (C=O) groups is 2. The van der Waals surface area contributed by atoms with Gasteiger partial charge in [0.25, 0.3) is 5.91 Å². The van der Waals surface area contributed by atoms with Crippen molar-refractivity contribution in [1.29, 1.82) is 0 Å². The van der Waals surface area contributed by atoms with E-state index in [4.69, 9.17) is 23.2 Å². The highest BCUT2D eigenvalue weighted by atomic mass is 35.5. The van der Waals surface area contributed by atoms with Gasteiger partial charge in [-0.25, -0.2) is 4.98 Å². The number of hydrogen-bond donors (Lipinski definition) is 0. The highest BCUT2D eigenvalue weighted by Crippen LogP contribution is 2.34. The second kappa shape index (κ2) is 8.88. The number of hydrogen-bond acceptors (Lipinski definition) is 5. The maximum atomic E-state index is 12.8. The van der Waals surface area contributed by atoms with Crippen molar-refractivity contribution in [2.24, 2.45) is 0 Å². The first-order valence-electron chi connectivity index (χ1n) is 9.93. The molecule has 0 N–H and O–H groups in total. The van der Waals surface area contributed by atoms with Crippen LogP contribution >= 0.6 is 23.2 Å². The van der Waals surface area contributed by atoms with Crippen LogP contribution in [0.15, 0.2) is 36.5 Å². The Kier molecular flexibility index (Phi) is 6.33. The normalized spacial score (nSPS) is 20.2. The van der Waals surface area contributed by atoms with E-state index in [1.807, 2.05) is 4.90 Å². The Hall–Kier alpha value is -2.36. The monoisotopic (exact) mass is 486 g/mol. The first-order valence-corrected chi connectivity index (χ1v) is 10.7. The molecule has 0 saturated carbocycles. The van der Waals surface area contributed by atoms with Gasteiger partial charge < -0.3 is 9.80 Å². The Balaban J connectivity index is 1.38. The fourth-order valence-corrected chi connectivity index (χ4v) is 4.39. The summed E-state index contributed by atoms with van der Waals surface area (Å²) >= 11 is 11.9. The molecule has 11 heteroatoms. The van der Waals surface area contributed by atoms with Crippen molar-refractivity contribution in [1.82, 2.24) is 14.8 Å².